The van der Waals surface area contributed by atoms with E-state index in [1.165, 1.54) is 0 Å². The average molecular weight is 161 g/mol. The summed E-state index contributed by atoms with van der Waals surface area (Å²) in [5.74, 6) is 0. The Labute approximate surface area is 68.2 Å². The standard InChI is InChI=1S/C8H19NO2/c1-2-3-8(11)6-7(9)4-5-10/h7-8,10-11H,2-6,9H2,1H3/t7-,8?/m1/s1. The van der Waals surface area contributed by atoms with Gasteiger partial charge in [0.05, 0.1) is 6.10 Å². The van der Waals surface area contributed by atoms with Crippen LogP contribution in [0.2, 0.25) is 0 Å². The molecule has 11 heavy (non-hydrogen) atoms. The van der Waals surface area contributed by atoms with E-state index in [0.29, 0.717) is 12.8 Å². The average Bonchev–Trinajstić information content (AvgIpc) is 1.87. The van der Waals surface area contributed by atoms with Gasteiger partial charge < -0.3 is 15.9 Å². The maximum Gasteiger partial charge on any atom is 0.0554 e. The Kier molecular flexibility index (Phi) is 6.51. The topological polar surface area (TPSA) is 66.5 Å². The molecule has 0 amide bonds. The lowest BCUT2D eigenvalue weighted by atomic mass is 10.0. The minimum Gasteiger partial charge on any atom is -0.396 e. The number of nitrogens with two attached hydrogens (primary N) is 1. The van der Waals surface area contributed by atoms with Crippen molar-refractivity contribution >= 4 is 0 Å². The molecule has 0 rings (SSSR count). The third kappa shape index (κ3) is 6.28. The van der Waals surface area contributed by atoms with E-state index >= 15 is 0 Å². The molecule has 0 bridgehead atoms. The first-order valence-corrected chi connectivity index (χ1v) is 4.25. The van der Waals surface area contributed by atoms with E-state index in [2.05, 4.69) is 0 Å². The Bertz CT molecular complexity index is 78.2. The Morgan fingerprint density at radius 1 is 1.36 bits per heavy atom. The molecule has 0 aliphatic rings. The van der Waals surface area contributed by atoms with E-state index in [4.69, 9.17) is 10.8 Å². The fourth-order valence-corrected chi connectivity index (χ4v) is 1.08. The zero-order valence-electron chi connectivity index (χ0n) is 7.16. The van der Waals surface area contributed by atoms with Crippen LogP contribution in [0.25, 0.3) is 0 Å². The molecule has 0 saturated heterocycles. The zero-order valence-corrected chi connectivity index (χ0v) is 7.16. The fourth-order valence-electron chi connectivity index (χ4n) is 1.08. The molecule has 0 aromatic rings. The molecule has 4 N–H and O–H groups in total. The molecule has 68 valence electrons. The number of hydrogen-bond donors (Lipinski definition) is 3. The van der Waals surface area contributed by atoms with Gasteiger partial charge >= 0.3 is 0 Å². The predicted molar refractivity (Wildman–Crippen MR) is 45.2 cm³/mol. The summed E-state index contributed by atoms with van der Waals surface area (Å²) in [6.45, 7) is 2.14. The SMILES string of the molecule is CCCC(O)C[C@H](N)CCO. The van der Waals surface area contributed by atoms with Gasteiger partial charge in [-0.2, -0.15) is 0 Å². The molecule has 0 aromatic heterocycles. The highest BCUT2D eigenvalue weighted by Crippen LogP contribution is 2.05. The van der Waals surface area contributed by atoms with Crippen molar-refractivity contribution in [3.8, 4) is 0 Å². The maximum absolute atomic E-state index is 9.28. The Morgan fingerprint density at radius 2 is 2.00 bits per heavy atom. The summed E-state index contributed by atoms with van der Waals surface area (Å²) in [5, 5.41) is 17.8. The monoisotopic (exact) mass is 161 g/mol. The molecule has 3 nitrogen and oxygen atoms in total. The van der Waals surface area contributed by atoms with Crippen LogP contribution in [-0.2, 0) is 0 Å². The highest BCUT2D eigenvalue weighted by molar-refractivity contribution is 4.66. The van der Waals surface area contributed by atoms with E-state index in [1.54, 1.807) is 0 Å². The van der Waals surface area contributed by atoms with Crippen molar-refractivity contribution in [3.63, 3.8) is 0 Å². The Balaban J connectivity index is 3.32. The molecular formula is C8H19NO2. The molecule has 0 spiro atoms. The van der Waals surface area contributed by atoms with Crippen molar-refractivity contribution < 1.29 is 10.2 Å². The van der Waals surface area contributed by atoms with Crippen molar-refractivity contribution in [2.24, 2.45) is 5.73 Å². The molecule has 3 heteroatoms. The van der Waals surface area contributed by atoms with Crippen LogP contribution in [0, 0.1) is 0 Å². The molecule has 1 unspecified atom stereocenters. The van der Waals surface area contributed by atoms with Gasteiger partial charge in [0.1, 0.15) is 0 Å². The van der Waals surface area contributed by atoms with Crippen LogP contribution in [0.3, 0.4) is 0 Å². The van der Waals surface area contributed by atoms with Crippen LogP contribution in [-0.4, -0.2) is 29.0 Å². The van der Waals surface area contributed by atoms with E-state index in [0.717, 1.165) is 12.8 Å². The van der Waals surface area contributed by atoms with Gasteiger partial charge in [0.25, 0.3) is 0 Å². The Hall–Kier alpha value is -0.120. The number of aliphatic hydroxyl groups excluding tert-OH is 2. The summed E-state index contributed by atoms with van der Waals surface area (Å²) in [5.41, 5.74) is 5.60. The van der Waals surface area contributed by atoms with E-state index in [9.17, 15) is 5.11 Å². The lowest BCUT2D eigenvalue weighted by molar-refractivity contribution is 0.139. The van der Waals surface area contributed by atoms with Gasteiger partial charge in [-0.25, -0.2) is 0 Å². The highest BCUT2D eigenvalue weighted by Gasteiger charge is 2.08. The molecule has 0 radical (unpaired) electrons. The third-order valence-electron chi connectivity index (χ3n) is 1.70. The van der Waals surface area contributed by atoms with Crippen LogP contribution in [0.5, 0.6) is 0 Å². The van der Waals surface area contributed by atoms with Gasteiger partial charge in [0.15, 0.2) is 0 Å². The largest absolute Gasteiger partial charge is 0.396 e. The maximum atomic E-state index is 9.28. The zero-order chi connectivity index (χ0) is 8.69. The smallest absolute Gasteiger partial charge is 0.0554 e. The summed E-state index contributed by atoms with van der Waals surface area (Å²) in [6.07, 6.45) is 2.68. The minimum absolute atomic E-state index is 0.0541. The molecule has 0 heterocycles. The van der Waals surface area contributed by atoms with E-state index in [1.807, 2.05) is 6.92 Å². The molecular weight excluding hydrogens is 142 g/mol. The van der Waals surface area contributed by atoms with E-state index < -0.39 is 0 Å². The number of hydrogen-bond acceptors (Lipinski definition) is 3. The molecule has 0 aliphatic carbocycles. The first-order valence-electron chi connectivity index (χ1n) is 4.25. The lowest BCUT2D eigenvalue weighted by Gasteiger charge is -2.14. The van der Waals surface area contributed by atoms with E-state index in [-0.39, 0.29) is 18.8 Å². The van der Waals surface area contributed by atoms with Crippen LogP contribution in [0.15, 0.2) is 0 Å². The van der Waals surface area contributed by atoms with Gasteiger partial charge in [-0.1, -0.05) is 13.3 Å². The van der Waals surface area contributed by atoms with Crippen LogP contribution in [0.1, 0.15) is 32.6 Å². The third-order valence-corrected chi connectivity index (χ3v) is 1.70. The summed E-state index contributed by atoms with van der Waals surface area (Å²) >= 11 is 0. The van der Waals surface area contributed by atoms with Crippen molar-refractivity contribution in [2.45, 2.75) is 44.8 Å². The number of aliphatic hydroxyl groups is 2. The van der Waals surface area contributed by atoms with Crippen molar-refractivity contribution in [1.82, 2.24) is 0 Å². The normalized spacial score (nSPS) is 16.4. The van der Waals surface area contributed by atoms with Gasteiger partial charge in [-0.05, 0) is 19.3 Å². The predicted octanol–water partition coefficient (Wildman–Crippen LogP) is 0.247. The summed E-state index contributed by atoms with van der Waals surface area (Å²) in [4.78, 5) is 0. The second-order valence-electron chi connectivity index (χ2n) is 2.95. The molecule has 0 saturated carbocycles. The lowest BCUT2D eigenvalue weighted by Crippen LogP contribution is -2.27. The molecule has 0 fully saturated rings. The molecule has 0 aromatic carbocycles. The van der Waals surface area contributed by atoms with Crippen LogP contribution in [0.4, 0.5) is 0 Å². The van der Waals surface area contributed by atoms with Crippen LogP contribution < -0.4 is 5.73 Å². The second-order valence-corrected chi connectivity index (χ2v) is 2.95. The minimum atomic E-state index is -0.290. The first-order chi connectivity index (χ1) is 5.20. The Morgan fingerprint density at radius 3 is 2.45 bits per heavy atom. The summed E-state index contributed by atoms with van der Waals surface area (Å²) < 4.78 is 0. The van der Waals surface area contributed by atoms with Gasteiger partial charge in [-0.15, -0.1) is 0 Å². The fraction of sp³-hybridized carbons (Fsp3) is 1.00. The van der Waals surface area contributed by atoms with Crippen molar-refractivity contribution in [1.29, 1.82) is 0 Å². The molecule has 0 aliphatic heterocycles. The quantitative estimate of drug-likeness (QED) is 0.523. The van der Waals surface area contributed by atoms with Gasteiger partial charge in [0, 0.05) is 12.6 Å². The molecule has 2 atom stereocenters. The summed E-state index contributed by atoms with van der Waals surface area (Å²) in [7, 11) is 0. The van der Waals surface area contributed by atoms with Gasteiger partial charge in [0.2, 0.25) is 0 Å². The van der Waals surface area contributed by atoms with Crippen LogP contribution >= 0.6 is 0 Å². The van der Waals surface area contributed by atoms with Gasteiger partial charge in [-0.3, -0.25) is 0 Å². The second kappa shape index (κ2) is 6.58. The van der Waals surface area contributed by atoms with Crippen molar-refractivity contribution in [3.05, 3.63) is 0 Å². The highest BCUT2D eigenvalue weighted by atomic mass is 16.3. The summed E-state index contributed by atoms with van der Waals surface area (Å²) in [6, 6.07) is -0.0541. The number of rotatable bonds is 6. The first kappa shape index (κ1) is 10.9. The van der Waals surface area contributed by atoms with Crippen molar-refractivity contribution in [2.75, 3.05) is 6.61 Å².